The van der Waals surface area contributed by atoms with Gasteiger partial charge in [-0.2, -0.15) is 0 Å². The largest absolute Gasteiger partial charge is 0.493 e. The molecule has 0 saturated carbocycles. The molecule has 0 aliphatic carbocycles. The first kappa shape index (κ1) is 19.0. The summed E-state index contributed by atoms with van der Waals surface area (Å²) in [5, 5.41) is 10.7. The predicted molar refractivity (Wildman–Crippen MR) is 103 cm³/mol. The van der Waals surface area contributed by atoms with Crippen molar-refractivity contribution in [3.05, 3.63) is 63.7 Å². The zero-order valence-corrected chi connectivity index (χ0v) is 15.9. The van der Waals surface area contributed by atoms with Crippen molar-refractivity contribution in [2.45, 2.75) is 11.8 Å². The van der Waals surface area contributed by atoms with E-state index in [4.69, 9.17) is 9.47 Å². The smallest absolute Gasteiger partial charge is 0.269 e. The van der Waals surface area contributed by atoms with Crippen molar-refractivity contribution in [2.24, 2.45) is 0 Å². The van der Waals surface area contributed by atoms with Crippen LogP contribution in [-0.4, -0.2) is 42.2 Å². The summed E-state index contributed by atoms with van der Waals surface area (Å²) >= 11 is 1.54. The summed E-state index contributed by atoms with van der Waals surface area (Å²) in [7, 11) is 3.18. The molecular formula is C19H20N2O5S. The fourth-order valence-electron chi connectivity index (χ4n) is 3.02. The number of thioether (sulfide) groups is 1. The number of nitro groups is 1. The molecule has 0 radical (unpaired) electrons. The van der Waals surface area contributed by atoms with Crippen LogP contribution in [0.25, 0.3) is 0 Å². The second kappa shape index (κ2) is 8.30. The summed E-state index contributed by atoms with van der Waals surface area (Å²) in [5.41, 5.74) is 1.98. The molecule has 3 rings (SSSR count). The second-order valence-corrected chi connectivity index (χ2v) is 7.11. The maximum absolute atomic E-state index is 12.3. The quantitative estimate of drug-likeness (QED) is 0.534. The number of hydrogen-bond donors (Lipinski definition) is 0. The zero-order chi connectivity index (χ0) is 19.4. The number of nitrogens with zero attached hydrogens (tertiary/aromatic N) is 2. The normalized spacial score (nSPS) is 16.4. The Morgan fingerprint density at radius 1 is 1.15 bits per heavy atom. The molecule has 2 aromatic carbocycles. The van der Waals surface area contributed by atoms with Gasteiger partial charge in [0.25, 0.3) is 5.69 Å². The Bertz CT molecular complexity index is 840. The highest BCUT2D eigenvalue weighted by atomic mass is 32.2. The van der Waals surface area contributed by atoms with Crippen LogP contribution in [0, 0.1) is 10.1 Å². The number of ether oxygens (including phenoxy) is 2. The first-order valence-electron chi connectivity index (χ1n) is 8.40. The number of carbonyl (C=O) groups excluding carboxylic acids is 1. The first-order valence-corrected chi connectivity index (χ1v) is 9.44. The second-order valence-electron chi connectivity index (χ2n) is 6.04. The summed E-state index contributed by atoms with van der Waals surface area (Å²) in [6.45, 7) is 0.559. The van der Waals surface area contributed by atoms with E-state index in [1.807, 2.05) is 23.1 Å². The molecule has 0 N–H and O–H groups in total. The maximum atomic E-state index is 12.3. The zero-order valence-electron chi connectivity index (χ0n) is 15.1. The number of amides is 1. The van der Waals surface area contributed by atoms with Crippen molar-refractivity contribution >= 4 is 23.4 Å². The SMILES string of the molecule is COc1ccc(CCN2C(=O)CSC2c2ccc([N+](=O)[O-])cc2)cc1OC. The van der Waals surface area contributed by atoms with Gasteiger partial charge in [0.2, 0.25) is 5.91 Å². The Morgan fingerprint density at radius 2 is 1.85 bits per heavy atom. The van der Waals surface area contributed by atoms with Crippen molar-refractivity contribution in [3.63, 3.8) is 0 Å². The van der Waals surface area contributed by atoms with Crippen LogP contribution in [0.15, 0.2) is 42.5 Å². The van der Waals surface area contributed by atoms with Gasteiger partial charge in [-0.25, -0.2) is 0 Å². The predicted octanol–water partition coefficient (Wildman–Crippen LogP) is 3.43. The van der Waals surface area contributed by atoms with Gasteiger partial charge in [-0.1, -0.05) is 6.07 Å². The van der Waals surface area contributed by atoms with Gasteiger partial charge >= 0.3 is 0 Å². The molecule has 1 aliphatic heterocycles. The molecule has 27 heavy (non-hydrogen) atoms. The van der Waals surface area contributed by atoms with Gasteiger partial charge < -0.3 is 14.4 Å². The number of non-ortho nitro benzene ring substituents is 1. The highest BCUT2D eigenvalue weighted by Crippen LogP contribution is 2.39. The average Bonchev–Trinajstić information content (AvgIpc) is 3.06. The lowest BCUT2D eigenvalue weighted by molar-refractivity contribution is -0.384. The fraction of sp³-hybridized carbons (Fsp3) is 0.316. The monoisotopic (exact) mass is 388 g/mol. The number of methoxy groups -OCH3 is 2. The molecule has 1 fully saturated rings. The maximum Gasteiger partial charge on any atom is 0.269 e. The van der Waals surface area contributed by atoms with Gasteiger partial charge in [-0.05, 0) is 41.8 Å². The van der Waals surface area contributed by atoms with Crippen LogP contribution in [0.1, 0.15) is 16.5 Å². The van der Waals surface area contributed by atoms with E-state index < -0.39 is 4.92 Å². The molecule has 1 saturated heterocycles. The van der Waals surface area contributed by atoms with E-state index in [1.54, 1.807) is 26.4 Å². The Hall–Kier alpha value is -2.74. The van der Waals surface area contributed by atoms with Gasteiger partial charge in [0.15, 0.2) is 11.5 Å². The molecule has 1 heterocycles. The average molecular weight is 388 g/mol. The van der Waals surface area contributed by atoms with Crippen molar-refractivity contribution < 1.29 is 19.2 Å². The van der Waals surface area contributed by atoms with Crippen molar-refractivity contribution in [3.8, 4) is 11.5 Å². The summed E-state index contributed by atoms with van der Waals surface area (Å²) in [5.74, 6) is 1.80. The van der Waals surface area contributed by atoms with Gasteiger partial charge in [-0.3, -0.25) is 14.9 Å². The van der Waals surface area contributed by atoms with Gasteiger partial charge in [-0.15, -0.1) is 11.8 Å². The third-order valence-corrected chi connectivity index (χ3v) is 5.70. The van der Waals surface area contributed by atoms with Crippen LogP contribution in [0.4, 0.5) is 5.69 Å². The van der Waals surface area contributed by atoms with Crippen LogP contribution >= 0.6 is 11.8 Å². The van der Waals surface area contributed by atoms with Crippen LogP contribution in [0.3, 0.4) is 0 Å². The van der Waals surface area contributed by atoms with E-state index in [1.165, 1.54) is 23.9 Å². The van der Waals surface area contributed by atoms with Crippen LogP contribution in [0.2, 0.25) is 0 Å². The Kier molecular flexibility index (Phi) is 5.85. The topological polar surface area (TPSA) is 81.9 Å². The Balaban J connectivity index is 1.72. The number of hydrogen-bond acceptors (Lipinski definition) is 6. The van der Waals surface area contributed by atoms with Crippen LogP contribution in [-0.2, 0) is 11.2 Å². The fourth-order valence-corrected chi connectivity index (χ4v) is 4.24. The molecular weight excluding hydrogens is 368 g/mol. The third-order valence-electron chi connectivity index (χ3n) is 4.45. The van der Waals surface area contributed by atoms with E-state index in [-0.39, 0.29) is 17.0 Å². The standard InChI is InChI=1S/C19H20N2O5S/c1-25-16-8-3-13(11-17(16)26-2)9-10-20-18(22)12-27-19(20)14-4-6-15(7-5-14)21(23)24/h3-8,11,19H,9-10,12H2,1-2H3. The molecule has 142 valence electrons. The summed E-state index contributed by atoms with van der Waals surface area (Å²) in [4.78, 5) is 24.6. The molecule has 0 spiro atoms. The summed E-state index contributed by atoms with van der Waals surface area (Å²) in [6, 6.07) is 12.1. The number of nitro benzene ring substituents is 1. The van der Waals surface area contributed by atoms with E-state index in [2.05, 4.69) is 0 Å². The van der Waals surface area contributed by atoms with E-state index >= 15 is 0 Å². The first-order chi connectivity index (χ1) is 13.0. The summed E-state index contributed by atoms with van der Waals surface area (Å²) in [6.07, 6.45) is 0.677. The van der Waals surface area contributed by atoms with E-state index in [0.717, 1.165) is 11.1 Å². The highest BCUT2D eigenvalue weighted by Gasteiger charge is 2.32. The van der Waals surface area contributed by atoms with Crippen molar-refractivity contribution in [1.29, 1.82) is 0 Å². The van der Waals surface area contributed by atoms with Crippen LogP contribution in [0.5, 0.6) is 11.5 Å². The minimum Gasteiger partial charge on any atom is -0.493 e. The molecule has 2 aromatic rings. The lowest BCUT2D eigenvalue weighted by Crippen LogP contribution is -2.30. The van der Waals surface area contributed by atoms with Gasteiger partial charge in [0, 0.05) is 18.7 Å². The Morgan fingerprint density at radius 3 is 2.48 bits per heavy atom. The van der Waals surface area contributed by atoms with E-state index in [9.17, 15) is 14.9 Å². The van der Waals surface area contributed by atoms with E-state index in [0.29, 0.717) is 30.2 Å². The van der Waals surface area contributed by atoms with Gasteiger partial charge in [0.05, 0.1) is 24.9 Å². The lowest BCUT2D eigenvalue weighted by atomic mass is 10.1. The van der Waals surface area contributed by atoms with Crippen molar-refractivity contribution in [1.82, 2.24) is 4.90 Å². The molecule has 7 nitrogen and oxygen atoms in total. The molecule has 1 aliphatic rings. The minimum absolute atomic E-state index is 0.0463. The molecule has 0 aromatic heterocycles. The highest BCUT2D eigenvalue weighted by molar-refractivity contribution is 8.00. The molecule has 1 unspecified atom stereocenters. The van der Waals surface area contributed by atoms with Crippen LogP contribution < -0.4 is 9.47 Å². The molecule has 0 bridgehead atoms. The van der Waals surface area contributed by atoms with Gasteiger partial charge in [0.1, 0.15) is 5.37 Å². The summed E-state index contributed by atoms with van der Waals surface area (Å²) < 4.78 is 10.6. The number of carbonyl (C=O) groups is 1. The minimum atomic E-state index is -0.425. The molecule has 1 amide bonds. The molecule has 1 atom stereocenters. The Labute approximate surface area is 161 Å². The third kappa shape index (κ3) is 4.16. The lowest BCUT2D eigenvalue weighted by Gasteiger charge is -2.24. The number of benzene rings is 2. The number of rotatable bonds is 7. The molecule has 8 heteroatoms. The van der Waals surface area contributed by atoms with Crippen molar-refractivity contribution in [2.75, 3.05) is 26.5 Å².